The van der Waals surface area contributed by atoms with E-state index in [2.05, 4.69) is 0 Å². The second-order valence-electron chi connectivity index (χ2n) is 3.58. The van der Waals surface area contributed by atoms with Crippen molar-refractivity contribution in [1.29, 1.82) is 0 Å². The van der Waals surface area contributed by atoms with E-state index in [1.807, 2.05) is 23.6 Å². The molecule has 0 N–H and O–H groups in total. The fourth-order valence-corrected chi connectivity index (χ4v) is 2.80. The van der Waals surface area contributed by atoms with Crippen LogP contribution in [0.15, 0.2) is 46.2 Å². The molecule has 0 fully saturated rings. The third-order valence-electron chi connectivity index (χ3n) is 2.52. The molecule has 3 rings (SSSR count). The highest BCUT2D eigenvalue weighted by molar-refractivity contribution is 7.17. The van der Waals surface area contributed by atoms with Gasteiger partial charge >= 0.3 is 0 Å². The lowest BCUT2D eigenvalue weighted by Gasteiger charge is -1.99. The van der Waals surface area contributed by atoms with Gasteiger partial charge in [-0.1, -0.05) is 12.1 Å². The number of hydrogen-bond donors (Lipinski definition) is 0. The number of hydrogen-bond acceptors (Lipinski definition) is 3. The molecule has 0 atom stereocenters. The molecule has 2 nitrogen and oxygen atoms in total. The van der Waals surface area contributed by atoms with Crippen LogP contribution in [-0.4, -0.2) is 5.78 Å². The number of rotatable bonds is 2. The monoisotopic (exact) mass is 262 g/mol. The molecule has 2 aromatic heterocycles. The fourth-order valence-electron chi connectivity index (χ4n) is 1.74. The Morgan fingerprint density at radius 3 is 2.82 bits per heavy atom. The molecular formula is C13H7ClO2S. The molecule has 3 aromatic rings. The smallest absolute Gasteiger partial charge is 0.229 e. The van der Waals surface area contributed by atoms with Crippen molar-refractivity contribution in [3.05, 3.63) is 58.3 Å². The van der Waals surface area contributed by atoms with Gasteiger partial charge in [-0.15, -0.1) is 11.3 Å². The quantitative estimate of drug-likeness (QED) is 0.642. The topological polar surface area (TPSA) is 30.2 Å². The molecule has 4 heteroatoms. The predicted octanol–water partition coefficient (Wildman–Crippen LogP) is 4.38. The van der Waals surface area contributed by atoms with E-state index in [-0.39, 0.29) is 16.8 Å². The van der Waals surface area contributed by atoms with Gasteiger partial charge in [0, 0.05) is 10.3 Å². The first-order valence-corrected chi connectivity index (χ1v) is 6.28. The molecule has 0 spiro atoms. The summed E-state index contributed by atoms with van der Waals surface area (Å²) in [5, 5.41) is 3.27. The maximum atomic E-state index is 12.2. The molecule has 0 unspecified atom stereocenters. The minimum Gasteiger partial charge on any atom is -0.441 e. The van der Waals surface area contributed by atoms with Crippen LogP contribution < -0.4 is 0 Å². The molecule has 1 aromatic carbocycles. The van der Waals surface area contributed by atoms with Gasteiger partial charge in [-0.3, -0.25) is 4.79 Å². The standard InChI is InChI=1S/C13H7ClO2S/c14-11-5-4-10(16-11)12(15)9-3-1-2-8-6-7-17-13(8)9/h1-7H. The number of carbonyl (C=O) groups is 1. The highest BCUT2D eigenvalue weighted by Crippen LogP contribution is 2.27. The van der Waals surface area contributed by atoms with E-state index >= 15 is 0 Å². The molecule has 84 valence electrons. The van der Waals surface area contributed by atoms with Crippen LogP contribution in [0.3, 0.4) is 0 Å². The average Bonchev–Trinajstić information content (AvgIpc) is 2.95. The van der Waals surface area contributed by atoms with E-state index in [1.165, 1.54) is 0 Å². The summed E-state index contributed by atoms with van der Waals surface area (Å²) >= 11 is 7.22. The lowest BCUT2D eigenvalue weighted by Crippen LogP contribution is -1.99. The summed E-state index contributed by atoms with van der Waals surface area (Å²) < 4.78 is 6.12. The van der Waals surface area contributed by atoms with Crippen LogP contribution in [-0.2, 0) is 0 Å². The van der Waals surface area contributed by atoms with Crippen LogP contribution in [0.4, 0.5) is 0 Å². The van der Waals surface area contributed by atoms with E-state index in [0.29, 0.717) is 5.56 Å². The Bertz CT molecular complexity index is 696. The minimum atomic E-state index is -0.134. The molecule has 0 saturated carbocycles. The van der Waals surface area contributed by atoms with Crippen LogP contribution >= 0.6 is 22.9 Å². The van der Waals surface area contributed by atoms with Crippen LogP contribution in [0.25, 0.3) is 10.1 Å². The largest absolute Gasteiger partial charge is 0.441 e. The van der Waals surface area contributed by atoms with Gasteiger partial charge in [0.25, 0.3) is 0 Å². The minimum absolute atomic E-state index is 0.134. The van der Waals surface area contributed by atoms with Crippen molar-refractivity contribution in [2.24, 2.45) is 0 Å². The third kappa shape index (κ3) is 1.77. The zero-order valence-corrected chi connectivity index (χ0v) is 10.2. The van der Waals surface area contributed by atoms with E-state index in [9.17, 15) is 4.79 Å². The first-order chi connectivity index (χ1) is 8.25. The number of benzene rings is 1. The third-order valence-corrected chi connectivity index (χ3v) is 3.69. The van der Waals surface area contributed by atoms with Gasteiger partial charge in [0.15, 0.2) is 11.0 Å². The summed E-state index contributed by atoms with van der Waals surface area (Å²) in [6.07, 6.45) is 0. The molecule has 2 heterocycles. The zero-order chi connectivity index (χ0) is 11.8. The fraction of sp³-hybridized carbons (Fsp3) is 0. The second kappa shape index (κ2) is 4.02. The SMILES string of the molecule is O=C(c1ccc(Cl)o1)c1cccc2ccsc12. The van der Waals surface area contributed by atoms with Gasteiger partial charge in [0.05, 0.1) is 0 Å². The van der Waals surface area contributed by atoms with Crippen LogP contribution in [0.5, 0.6) is 0 Å². The Balaban J connectivity index is 2.15. The average molecular weight is 263 g/mol. The van der Waals surface area contributed by atoms with Crippen LogP contribution in [0.1, 0.15) is 16.1 Å². The molecule has 0 saturated heterocycles. The predicted molar refractivity (Wildman–Crippen MR) is 69.0 cm³/mol. The van der Waals surface area contributed by atoms with Crippen molar-refractivity contribution < 1.29 is 9.21 Å². The Labute approximate surface area is 106 Å². The number of furan rings is 1. The molecule has 0 aliphatic rings. The van der Waals surface area contributed by atoms with Crippen molar-refractivity contribution >= 4 is 38.8 Å². The van der Waals surface area contributed by atoms with E-state index in [1.54, 1.807) is 29.5 Å². The number of halogens is 1. The van der Waals surface area contributed by atoms with Crippen molar-refractivity contribution in [1.82, 2.24) is 0 Å². The normalized spacial score (nSPS) is 10.9. The van der Waals surface area contributed by atoms with Gasteiger partial charge in [-0.05, 0) is 46.6 Å². The maximum Gasteiger partial charge on any atom is 0.229 e. The Morgan fingerprint density at radius 2 is 2.06 bits per heavy atom. The van der Waals surface area contributed by atoms with Crippen LogP contribution in [0.2, 0.25) is 5.22 Å². The zero-order valence-electron chi connectivity index (χ0n) is 8.64. The summed E-state index contributed by atoms with van der Waals surface area (Å²) in [6, 6.07) is 10.8. The van der Waals surface area contributed by atoms with Crippen LogP contribution in [0, 0.1) is 0 Å². The first kappa shape index (κ1) is 10.6. The van der Waals surface area contributed by atoms with Gasteiger partial charge in [0.1, 0.15) is 0 Å². The van der Waals surface area contributed by atoms with Crippen molar-refractivity contribution in [2.75, 3.05) is 0 Å². The summed E-state index contributed by atoms with van der Waals surface area (Å²) in [5.74, 6) is 0.140. The molecule has 17 heavy (non-hydrogen) atoms. The molecule has 0 aliphatic carbocycles. The summed E-state index contributed by atoms with van der Waals surface area (Å²) in [7, 11) is 0. The Hall–Kier alpha value is -1.58. The molecule has 0 radical (unpaired) electrons. The number of carbonyl (C=O) groups excluding carboxylic acids is 1. The lowest BCUT2D eigenvalue weighted by atomic mass is 10.1. The molecule has 0 amide bonds. The summed E-state index contributed by atoms with van der Waals surface area (Å²) in [4.78, 5) is 12.2. The lowest BCUT2D eigenvalue weighted by molar-refractivity contribution is 0.101. The van der Waals surface area contributed by atoms with Crippen molar-refractivity contribution in [2.45, 2.75) is 0 Å². The van der Waals surface area contributed by atoms with Gasteiger partial charge in [0.2, 0.25) is 5.78 Å². The summed E-state index contributed by atoms with van der Waals surface area (Å²) in [6.45, 7) is 0. The highest BCUT2D eigenvalue weighted by Gasteiger charge is 2.16. The van der Waals surface area contributed by atoms with E-state index in [0.717, 1.165) is 10.1 Å². The van der Waals surface area contributed by atoms with Crippen molar-refractivity contribution in [3.8, 4) is 0 Å². The number of ketones is 1. The van der Waals surface area contributed by atoms with Crippen molar-refractivity contribution in [3.63, 3.8) is 0 Å². The molecular weight excluding hydrogens is 256 g/mol. The number of thiophene rings is 1. The van der Waals surface area contributed by atoms with E-state index < -0.39 is 0 Å². The molecule has 0 aliphatic heterocycles. The highest BCUT2D eigenvalue weighted by atomic mass is 35.5. The second-order valence-corrected chi connectivity index (χ2v) is 4.87. The van der Waals surface area contributed by atoms with E-state index in [4.69, 9.17) is 16.0 Å². The Morgan fingerprint density at radius 1 is 1.18 bits per heavy atom. The van der Waals surface area contributed by atoms with Gasteiger partial charge < -0.3 is 4.42 Å². The maximum absolute atomic E-state index is 12.2. The van der Waals surface area contributed by atoms with Gasteiger partial charge in [-0.25, -0.2) is 0 Å². The summed E-state index contributed by atoms with van der Waals surface area (Å²) in [5.41, 5.74) is 0.656. The number of fused-ring (bicyclic) bond motifs is 1. The molecule has 0 bridgehead atoms. The van der Waals surface area contributed by atoms with Gasteiger partial charge in [-0.2, -0.15) is 0 Å². The Kier molecular flexibility index (Phi) is 2.50. The first-order valence-electron chi connectivity index (χ1n) is 5.02.